The number of ether oxygens (including phenoxy) is 1. The van der Waals surface area contributed by atoms with Crippen LogP contribution >= 0.6 is 0 Å². The van der Waals surface area contributed by atoms with E-state index in [0.29, 0.717) is 12.5 Å². The standard InChI is InChI=1S/C13H21NO2/c1-10(7-11(8-14)9-15)12-5-3-4-6-13(12)16-2/h3-6,10-11,15H,7-9,14H2,1-2H3. The number of hydrogen-bond donors (Lipinski definition) is 2. The SMILES string of the molecule is COc1ccccc1C(C)CC(CN)CO. The predicted molar refractivity (Wildman–Crippen MR) is 65.7 cm³/mol. The first-order chi connectivity index (χ1) is 7.72. The average molecular weight is 223 g/mol. The molecule has 0 saturated carbocycles. The lowest BCUT2D eigenvalue weighted by molar-refractivity contribution is 0.216. The van der Waals surface area contributed by atoms with E-state index < -0.39 is 0 Å². The molecule has 0 fully saturated rings. The van der Waals surface area contributed by atoms with Crippen molar-refractivity contribution in [1.29, 1.82) is 0 Å². The summed E-state index contributed by atoms with van der Waals surface area (Å²) in [5, 5.41) is 9.14. The van der Waals surface area contributed by atoms with Gasteiger partial charge < -0.3 is 15.6 Å². The minimum Gasteiger partial charge on any atom is -0.496 e. The number of aliphatic hydroxyl groups is 1. The van der Waals surface area contributed by atoms with Gasteiger partial charge in [0.25, 0.3) is 0 Å². The van der Waals surface area contributed by atoms with E-state index in [4.69, 9.17) is 15.6 Å². The van der Waals surface area contributed by atoms with Crippen LogP contribution in [-0.4, -0.2) is 25.4 Å². The topological polar surface area (TPSA) is 55.5 Å². The van der Waals surface area contributed by atoms with Gasteiger partial charge in [-0.2, -0.15) is 0 Å². The van der Waals surface area contributed by atoms with Crippen LogP contribution in [0.4, 0.5) is 0 Å². The third kappa shape index (κ3) is 3.22. The number of rotatable bonds is 6. The summed E-state index contributed by atoms with van der Waals surface area (Å²) in [6, 6.07) is 7.99. The van der Waals surface area contributed by atoms with E-state index in [1.165, 1.54) is 5.56 Å². The Morgan fingerprint density at radius 1 is 1.38 bits per heavy atom. The summed E-state index contributed by atoms with van der Waals surface area (Å²) in [5.74, 6) is 1.42. The van der Waals surface area contributed by atoms with E-state index in [1.807, 2.05) is 18.2 Å². The molecule has 1 aromatic rings. The maximum atomic E-state index is 9.14. The smallest absolute Gasteiger partial charge is 0.122 e. The Morgan fingerprint density at radius 2 is 2.06 bits per heavy atom. The molecule has 1 aromatic carbocycles. The zero-order valence-corrected chi connectivity index (χ0v) is 10.0. The lowest BCUT2D eigenvalue weighted by Crippen LogP contribution is -2.20. The van der Waals surface area contributed by atoms with Crippen molar-refractivity contribution in [3.63, 3.8) is 0 Å². The summed E-state index contributed by atoms with van der Waals surface area (Å²) in [7, 11) is 1.68. The van der Waals surface area contributed by atoms with Crippen LogP contribution in [0.3, 0.4) is 0 Å². The zero-order chi connectivity index (χ0) is 12.0. The summed E-state index contributed by atoms with van der Waals surface area (Å²) < 4.78 is 5.32. The van der Waals surface area contributed by atoms with Crippen LogP contribution in [0, 0.1) is 5.92 Å². The highest BCUT2D eigenvalue weighted by atomic mass is 16.5. The number of nitrogens with two attached hydrogens (primary N) is 1. The molecule has 0 spiro atoms. The molecule has 16 heavy (non-hydrogen) atoms. The number of benzene rings is 1. The Kier molecular flexibility index (Phi) is 5.29. The van der Waals surface area contributed by atoms with Crippen molar-refractivity contribution in [2.45, 2.75) is 19.3 Å². The molecule has 1 rings (SSSR count). The third-order valence-electron chi connectivity index (χ3n) is 2.95. The molecule has 2 unspecified atom stereocenters. The molecule has 3 nitrogen and oxygen atoms in total. The molecule has 90 valence electrons. The monoisotopic (exact) mass is 223 g/mol. The maximum absolute atomic E-state index is 9.14. The van der Waals surface area contributed by atoms with E-state index in [9.17, 15) is 0 Å². The normalized spacial score (nSPS) is 14.5. The van der Waals surface area contributed by atoms with Gasteiger partial charge in [-0.3, -0.25) is 0 Å². The van der Waals surface area contributed by atoms with E-state index >= 15 is 0 Å². The molecular weight excluding hydrogens is 202 g/mol. The fourth-order valence-electron chi connectivity index (χ4n) is 1.95. The minimum absolute atomic E-state index is 0.149. The molecule has 0 amide bonds. The molecule has 0 bridgehead atoms. The van der Waals surface area contributed by atoms with Crippen LogP contribution in [-0.2, 0) is 0 Å². The number of methoxy groups -OCH3 is 1. The summed E-state index contributed by atoms with van der Waals surface area (Å²) >= 11 is 0. The van der Waals surface area contributed by atoms with Gasteiger partial charge in [0.05, 0.1) is 7.11 Å². The largest absolute Gasteiger partial charge is 0.496 e. The zero-order valence-electron chi connectivity index (χ0n) is 10.0. The molecule has 2 atom stereocenters. The second-order valence-corrected chi connectivity index (χ2v) is 4.16. The maximum Gasteiger partial charge on any atom is 0.122 e. The molecule has 0 aliphatic carbocycles. The Morgan fingerprint density at radius 3 is 2.62 bits per heavy atom. The molecule has 3 heteroatoms. The summed E-state index contributed by atoms with van der Waals surface area (Å²) in [4.78, 5) is 0. The first-order valence-electron chi connectivity index (χ1n) is 5.66. The van der Waals surface area contributed by atoms with Crippen molar-refractivity contribution in [2.24, 2.45) is 11.7 Å². The summed E-state index contributed by atoms with van der Waals surface area (Å²) in [6.45, 7) is 2.81. The first kappa shape index (κ1) is 13.0. The predicted octanol–water partition coefficient (Wildman–Crippen LogP) is 1.76. The van der Waals surface area contributed by atoms with Gasteiger partial charge in [-0.15, -0.1) is 0 Å². The van der Waals surface area contributed by atoms with Crippen molar-refractivity contribution in [3.05, 3.63) is 29.8 Å². The molecular formula is C13H21NO2. The van der Waals surface area contributed by atoms with Gasteiger partial charge in [0, 0.05) is 6.61 Å². The molecule has 3 N–H and O–H groups in total. The summed E-state index contributed by atoms with van der Waals surface area (Å²) in [6.07, 6.45) is 0.882. The molecule has 0 aliphatic rings. The van der Waals surface area contributed by atoms with Crippen molar-refractivity contribution in [1.82, 2.24) is 0 Å². The molecule has 0 radical (unpaired) electrons. The highest BCUT2D eigenvalue weighted by molar-refractivity contribution is 5.35. The Balaban J connectivity index is 2.75. The van der Waals surface area contributed by atoms with E-state index in [0.717, 1.165) is 12.2 Å². The Labute approximate surface area is 97.2 Å². The third-order valence-corrected chi connectivity index (χ3v) is 2.95. The first-order valence-corrected chi connectivity index (χ1v) is 5.66. The lowest BCUT2D eigenvalue weighted by atomic mass is 9.90. The second-order valence-electron chi connectivity index (χ2n) is 4.16. The van der Waals surface area contributed by atoms with Crippen LogP contribution in [0.25, 0.3) is 0 Å². The van der Waals surface area contributed by atoms with E-state index in [1.54, 1.807) is 7.11 Å². The molecule has 0 saturated heterocycles. The van der Waals surface area contributed by atoms with Crippen molar-refractivity contribution >= 4 is 0 Å². The Hall–Kier alpha value is -1.06. The van der Waals surface area contributed by atoms with Gasteiger partial charge >= 0.3 is 0 Å². The number of aliphatic hydroxyl groups excluding tert-OH is 1. The van der Waals surface area contributed by atoms with Gasteiger partial charge in [-0.25, -0.2) is 0 Å². The van der Waals surface area contributed by atoms with Gasteiger partial charge in [-0.1, -0.05) is 25.1 Å². The van der Waals surface area contributed by atoms with Gasteiger partial charge in [0.1, 0.15) is 5.75 Å². The average Bonchev–Trinajstić information content (AvgIpc) is 2.35. The minimum atomic E-state index is 0.149. The van der Waals surface area contributed by atoms with E-state index in [2.05, 4.69) is 13.0 Å². The lowest BCUT2D eigenvalue weighted by Gasteiger charge is -2.19. The van der Waals surface area contributed by atoms with Crippen LogP contribution in [0.5, 0.6) is 5.75 Å². The number of hydrogen-bond acceptors (Lipinski definition) is 3. The summed E-state index contributed by atoms with van der Waals surface area (Å²) in [5.41, 5.74) is 6.77. The number of para-hydroxylation sites is 1. The molecule has 0 heterocycles. The molecule has 0 aliphatic heterocycles. The quantitative estimate of drug-likeness (QED) is 0.772. The van der Waals surface area contributed by atoms with E-state index in [-0.39, 0.29) is 12.5 Å². The van der Waals surface area contributed by atoms with Gasteiger partial charge in [-0.05, 0) is 36.4 Å². The van der Waals surface area contributed by atoms with Crippen LogP contribution in [0.2, 0.25) is 0 Å². The Bertz CT molecular complexity index is 311. The van der Waals surface area contributed by atoms with Gasteiger partial charge in [0.15, 0.2) is 0 Å². The van der Waals surface area contributed by atoms with Crippen molar-refractivity contribution in [2.75, 3.05) is 20.3 Å². The van der Waals surface area contributed by atoms with Gasteiger partial charge in [0.2, 0.25) is 0 Å². The van der Waals surface area contributed by atoms with Crippen molar-refractivity contribution < 1.29 is 9.84 Å². The fraction of sp³-hybridized carbons (Fsp3) is 0.538. The van der Waals surface area contributed by atoms with Crippen molar-refractivity contribution in [3.8, 4) is 5.75 Å². The fourth-order valence-corrected chi connectivity index (χ4v) is 1.95. The molecule has 0 aromatic heterocycles. The highest BCUT2D eigenvalue weighted by Crippen LogP contribution is 2.30. The highest BCUT2D eigenvalue weighted by Gasteiger charge is 2.15. The van der Waals surface area contributed by atoms with Crippen LogP contribution < -0.4 is 10.5 Å². The van der Waals surface area contributed by atoms with Crippen LogP contribution in [0.15, 0.2) is 24.3 Å². The van der Waals surface area contributed by atoms with Crippen LogP contribution in [0.1, 0.15) is 24.8 Å². The second kappa shape index (κ2) is 6.51.